The van der Waals surface area contributed by atoms with Crippen molar-refractivity contribution in [2.24, 2.45) is 0 Å². The second-order valence-corrected chi connectivity index (χ2v) is 6.55. The smallest absolute Gasteiger partial charge is 0.361 e. The summed E-state index contributed by atoms with van der Waals surface area (Å²) >= 11 is 0. The van der Waals surface area contributed by atoms with E-state index in [2.05, 4.69) is 0 Å². The van der Waals surface area contributed by atoms with Gasteiger partial charge < -0.3 is 14.2 Å². The molecule has 0 aliphatic carbocycles. The highest BCUT2D eigenvalue weighted by Gasteiger charge is 2.32. The molecule has 1 rings (SSSR count). The first-order valence-corrected chi connectivity index (χ1v) is 8.96. The van der Waals surface area contributed by atoms with Crippen molar-refractivity contribution in [3.63, 3.8) is 0 Å². The number of unbranched alkanes of at least 4 members (excludes halogenated alkanes) is 1. The van der Waals surface area contributed by atoms with Crippen LogP contribution in [0.1, 0.15) is 49.5 Å². The van der Waals surface area contributed by atoms with Gasteiger partial charge in [-0.1, -0.05) is 37.6 Å². The van der Waals surface area contributed by atoms with E-state index < -0.39 is 13.6 Å². The molecular weight excluding hydrogens is 303 g/mol. The van der Waals surface area contributed by atoms with Gasteiger partial charge in [0, 0.05) is 5.56 Å². The zero-order valence-corrected chi connectivity index (χ0v) is 14.1. The molecule has 0 fully saturated rings. The van der Waals surface area contributed by atoms with Crippen molar-refractivity contribution in [2.45, 2.75) is 33.6 Å². The number of hydrogen-bond donors (Lipinski definition) is 1. The minimum absolute atomic E-state index is 0.0875. The number of benzene rings is 1. The van der Waals surface area contributed by atoms with Gasteiger partial charge in [0.2, 0.25) is 0 Å². The van der Waals surface area contributed by atoms with Crippen LogP contribution < -0.4 is 0 Å². The number of carboxylic acids is 1. The number of aromatic carboxylic acids is 1. The fourth-order valence-corrected chi connectivity index (χ4v) is 3.93. The van der Waals surface area contributed by atoms with Crippen molar-refractivity contribution in [2.75, 3.05) is 13.2 Å². The number of allylic oxidation sites excluding steroid dienone is 1. The fraction of sp³-hybridized carbons (Fsp3) is 0.438. The molecule has 0 atom stereocenters. The Labute approximate surface area is 131 Å². The van der Waals surface area contributed by atoms with Crippen LogP contribution in [0.4, 0.5) is 0 Å². The average molecular weight is 326 g/mol. The summed E-state index contributed by atoms with van der Waals surface area (Å²) in [5, 5.41) is 9.70. The van der Waals surface area contributed by atoms with Crippen LogP contribution in [-0.2, 0) is 13.6 Å². The molecule has 1 aromatic carbocycles. The van der Waals surface area contributed by atoms with E-state index in [1.54, 1.807) is 38.1 Å². The normalized spacial score (nSPS) is 12.4. The predicted octanol–water partition coefficient (Wildman–Crippen LogP) is 4.79. The minimum atomic E-state index is -3.55. The van der Waals surface area contributed by atoms with Crippen molar-refractivity contribution in [3.8, 4) is 0 Å². The van der Waals surface area contributed by atoms with Crippen LogP contribution in [0.15, 0.2) is 30.3 Å². The number of carboxylic acid groups (broad SMARTS) is 1. The van der Waals surface area contributed by atoms with Crippen LogP contribution in [0.25, 0.3) is 5.31 Å². The molecule has 0 aliphatic heterocycles. The summed E-state index contributed by atoms with van der Waals surface area (Å²) in [7, 11) is -3.55. The lowest BCUT2D eigenvalue weighted by Crippen LogP contribution is -2.05. The Bertz CT molecular complexity index is 570. The molecule has 0 saturated heterocycles. The zero-order valence-electron chi connectivity index (χ0n) is 13.2. The molecule has 0 unspecified atom stereocenters. The molecule has 0 aliphatic rings. The fourth-order valence-electron chi connectivity index (χ4n) is 2.06. The summed E-state index contributed by atoms with van der Waals surface area (Å²) in [5.41, 5.74) is 0.471. The summed E-state index contributed by atoms with van der Waals surface area (Å²) in [6.45, 7) is 5.88. The Kier molecular flexibility index (Phi) is 7.52. The zero-order chi connectivity index (χ0) is 16.6. The molecule has 122 valence electrons. The Hall–Kier alpha value is -1.42. The van der Waals surface area contributed by atoms with E-state index in [1.807, 2.05) is 6.92 Å². The lowest BCUT2D eigenvalue weighted by Gasteiger charge is -2.21. The predicted molar refractivity (Wildman–Crippen MR) is 87.1 cm³/mol. The highest BCUT2D eigenvalue weighted by atomic mass is 31.2. The Morgan fingerprint density at radius 3 is 2.14 bits per heavy atom. The largest absolute Gasteiger partial charge is 0.478 e. The minimum Gasteiger partial charge on any atom is -0.478 e. The lowest BCUT2D eigenvalue weighted by molar-refractivity contribution is 0.0696. The molecule has 6 heteroatoms. The van der Waals surface area contributed by atoms with Crippen LogP contribution in [0.5, 0.6) is 0 Å². The summed E-state index contributed by atoms with van der Waals surface area (Å²) < 4.78 is 23.9. The first kappa shape index (κ1) is 18.6. The van der Waals surface area contributed by atoms with Crippen molar-refractivity contribution >= 4 is 18.9 Å². The van der Waals surface area contributed by atoms with Gasteiger partial charge in [-0.15, -0.1) is 0 Å². The molecule has 0 aromatic heterocycles. The summed E-state index contributed by atoms with van der Waals surface area (Å²) in [6, 6.07) is 6.47. The standard InChI is InChI=1S/C16H23O5P/c1-4-7-12-15(22(19,20-5-2)21-6-3)13-10-8-9-11-14(13)16(17)18/h8-12H,4-7H2,1-3H3,(H,17,18)/b15-12+. The quantitative estimate of drug-likeness (QED) is 0.660. The molecule has 22 heavy (non-hydrogen) atoms. The molecule has 0 saturated carbocycles. The number of carbonyl (C=O) groups is 1. The van der Waals surface area contributed by atoms with Crippen LogP contribution >= 0.6 is 7.60 Å². The SMILES string of the molecule is CCC/C=C(\c1ccccc1C(=O)O)P(=O)(OCC)OCC. The highest BCUT2D eigenvalue weighted by molar-refractivity contribution is 7.65. The third-order valence-corrected chi connectivity index (χ3v) is 5.16. The molecule has 1 aromatic rings. The topological polar surface area (TPSA) is 72.8 Å². The van der Waals surface area contributed by atoms with E-state index in [4.69, 9.17) is 9.05 Å². The number of rotatable bonds is 9. The van der Waals surface area contributed by atoms with Crippen molar-refractivity contribution in [1.29, 1.82) is 0 Å². The first-order valence-electron chi connectivity index (χ1n) is 7.42. The van der Waals surface area contributed by atoms with E-state index in [0.29, 0.717) is 17.3 Å². The molecule has 0 radical (unpaired) electrons. The van der Waals surface area contributed by atoms with Crippen molar-refractivity contribution < 1.29 is 23.5 Å². The Balaban J connectivity index is 3.47. The van der Waals surface area contributed by atoms with E-state index in [-0.39, 0.29) is 18.8 Å². The van der Waals surface area contributed by atoms with Crippen LogP contribution in [0.3, 0.4) is 0 Å². The molecular formula is C16H23O5P. The van der Waals surface area contributed by atoms with E-state index in [9.17, 15) is 14.5 Å². The Morgan fingerprint density at radius 2 is 1.68 bits per heavy atom. The second-order valence-electron chi connectivity index (χ2n) is 4.56. The van der Waals surface area contributed by atoms with Crippen LogP contribution in [-0.4, -0.2) is 24.3 Å². The maximum absolute atomic E-state index is 13.1. The molecule has 1 N–H and O–H groups in total. The number of hydrogen-bond acceptors (Lipinski definition) is 4. The van der Waals surface area contributed by atoms with Gasteiger partial charge in [-0.2, -0.15) is 0 Å². The maximum atomic E-state index is 13.1. The molecule has 5 nitrogen and oxygen atoms in total. The highest BCUT2D eigenvalue weighted by Crippen LogP contribution is 2.61. The van der Waals surface area contributed by atoms with E-state index >= 15 is 0 Å². The molecule has 0 bridgehead atoms. The summed E-state index contributed by atoms with van der Waals surface area (Å²) in [5.74, 6) is -1.07. The van der Waals surface area contributed by atoms with Gasteiger partial charge in [-0.05, 0) is 26.3 Å². The molecule has 0 amide bonds. The second kappa shape index (κ2) is 8.89. The average Bonchev–Trinajstić information content (AvgIpc) is 2.48. The summed E-state index contributed by atoms with van der Waals surface area (Å²) in [4.78, 5) is 11.4. The van der Waals surface area contributed by atoms with Gasteiger partial charge in [0.25, 0.3) is 0 Å². The Morgan fingerprint density at radius 1 is 1.14 bits per heavy atom. The monoisotopic (exact) mass is 326 g/mol. The maximum Gasteiger partial charge on any atom is 0.361 e. The molecule has 0 heterocycles. The van der Waals surface area contributed by atoms with Gasteiger partial charge in [-0.25, -0.2) is 4.79 Å². The lowest BCUT2D eigenvalue weighted by atomic mass is 10.1. The van der Waals surface area contributed by atoms with Crippen molar-refractivity contribution in [3.05, 3.63) is 41.5 Å². The van der Waals surface area contributed by atoms with Crippen LogP contribution in [0.2, 0.25) is 0 Å². The van der Waals surface area contributed by atoms with Gasteiger partial charge >= 0.3 is 13.6 Å². The van der Waals surface area contributed by atoms with Crippen LogP contribution in [0, 0.1) is 0 Å². The van der Waals surface area contributed by atoms with Gasteiger partial charge in [-0.3, -0.25) is 4.57 Å². The van der Waals surface area contributed by atoms with Gasteiger partial charge in [0.1, 0.15) is 0 Å². The third kappa shape index (κ3) is 4.54. The van der Waals surface area contributed by atoms with E-state index in [1.165, 1.54) is 6.07 Å². The first-order chi connectivity index (χ1) is 10.5. The van der Waals surface area contributed by atoms with E-state index in [0.717, 1.165) is 6.42 Å². The van der Waals surface area contributed by atoms with Crippen molar-refractivity contribution in [1.82, 2.24) is 0 Å². The molecule has 0 spiro atoms. The summed E-state index contributed by atoms with van der Waals surface area (Å²) in [6.07, 6.45) is 3.26. The van der Waals surface area contributed by atoms with Gasteiger partial charge in [0.15, 0.2) is 0 Å². The third-order valence-electron chi connectivity index (χ3n) is 2.95. The van der Waals surface area contributed by atoms with Gasteiger partial charge in [0.05, 0.1) is 24.1 Å².